The summed E-state index contributed by atoms with van der Waals surface area (Å²) in [6, 6.07) is 14.8. The molecular weight excluding hydrogens is 382 g/mol. The van der Waals surface area contributed by atoms with Crippen LogP contribution >= 0.6 is 0 Å². The van der Waals surface area contributed by atoms with Gasteiger partial charge in [0.05, 0.1) is 13.7 Å². The van der Waals surface area contributed by atoms with Gasteiger partial charge in [-0.1, -0.05) is 36.4 Å². The topological polar surface area (TPSA) is 82.0 Å². The Labute approximate surface area is 176 Å². The highest BCUT2D eigenvalue weighted by atomic mass is 16.5. The van der Waals surface area contributed by atoms with Crippen molar-refractivity contribution < 1.29 is 23.9 Å². The van der Waals surface area contributed by atoms with Crippen molar-refractivity contribution in [2.75, 3.05) is 13.7 Å². The summed E-state index contributed by atoms with van der Waals surface area (Å²) in [6.07, 6.45) is 1.26. The largest absolute Gasteiger partial charge is 0.497 e. The third kappa shape index (κ3) is 7.62. The van der Waals surface area contributed by atoms with Crippen LogP contribution in [0.25, 0.3) is 0 Å². The summed E-state index contributed by atoms with van der Waals surface area (Å²) in [5, 5.41) is 0. The van der Waals surface area contributed by atoms with E-state index in [0.717, 1.165) is 22.4 Å². The molecule has 0 radical (unpaired) electrons. The van der Waals surface area contributed by atoms with E-state index in [9.17, 15) is 14.4 Å². The molecular formula is C24H27NO5. The van der Waals surface area contributed by atoms with E-state index in [1.54, 1.807) is 14.0 Å². The molecule has 6 nitrogen and oxygen atoms in total. The number of aliphatic imine (C=N–C) groups is 1. The molecule has 1 amide bonds. The van der Waals surface area contributed by atoms with Crippen LogP contribution in [0.2, 0.25) is 0 Å². The number of methoxy groups -OCH3 is 1. The van der Waals surface area contributed by atoms with Gasteiger partial charge in [0, 0.05) is 19.3 Å². The normalized spacial score (nSPS) is 11.1. The maximum Gasteiger partial charge on any atom is 0.353 e. The molecule has 158 valence electrons. The molecule has 0 bridgehead atoms. The van der Waals surface area contributed by atoms with E-state index >= 15 is 0 Å². The number of hydrogen-bond acceptors (Lipinski definition) is 5. The average Bonchev–Trinajstić information content (AvgIpc) is 2.73. The van der Waals surface area contributed by atoms with Crippen LogP contribution in [0.15, 0.2) is 53.5 Å². The second-order valence-corrected chi connectivity index (χ2v) is 6.89. The number of rotatable bonds is 10. The van der Waals surface area contributed by atoms with Gasteiger partial charge < -0.3 is 9.47 Å². The number of nitrogens with zero attached hydrogens (tertiary/aromatic N) is 1. The fraction of sp³-hybridized carbons (Fsp3) is 0.333. The zero-order valence-corrected chi connectivity index (χ0v) is 17.6. The number of ketones is 1. The zero-order valence-electron chi connectivity index (χ0n) is 17.6. The average molecular weight is 409 g/mol. The molecule has 0 saturated carbocycles. The van der Waals surface area contributed by atoms with Crippen LogP contribution in [0, 0.1) is 0 Å². The maximum absolute atomic E-state index is 12.4. The highest BCUT2D eigenvalue weighted by molar-refractivity contribution is 6.38. The molecule has 0 aliphatic heterocycles. The molecule has 30 heavy (non-hydrogen) atoms. The number of amides is 1. The molecule has 0 aromatic heterocycles. The molecule has 0 spiro atoms. The Morgan fingerprint density at radius 1 is 0.867 bits per heavy atom. The van der Waals surface area contributed by atoms with Gasteiger partial charge >= 0.3 is 5.97 Å². The minimum Gasteiger partial charge on any atom is -0.497 e. The lowest BCUT2D eigenvalue weighted by Crippen LogP contribution is -2.21. The Kier molecular flexibility index (Phi) is 8.94. The first-order valence-corrected chi connectivity index (χ1v) is 9.89. The molecule has 0 fully saturated rings. The van der Waals surface area contributed by atoms with Crippen molar-refractivity contribution in [3.8, 4) is 5.75 Å². The third-order valence-corrected chi connectivity index (χ3v) is 4.40. The Hall–Kier alpha value is -3.28. The van der Waals surface area contributed by atoms with Crippen LogP contribution in [0.5, 0.6) is 5.75 Å². The quantitative estimate of drug-likeness (QED) is 0.443. The molecule has 0 N–H and O–H groups in total. The first-order valence-electron chi connectivity index (χ1n) is 9.89. The van der Waals surface area contributed by atoms with E-state index in [1.807, 2.05) is 48.5 Å². The third-order valence-electron chi connectivity index (χ3n) is 4.40. The number of ether oxygens (including phenoxy) is 2. The van der Waals surface area contributed by atoms with Gasteiger partial charge in [-0.2, -0.15) is 0 Å². The van der Waals surface area contributed by atoms with Crippen LogP contribution in [-0.2, 0) is 38.4 Å². The molecule has 0 aliphatic rings. The van der Waals surface area contributed by atoms with Gasteiger partial charge in [-0.05, 0) is 49.1 Å². The number of hydrogen-bond donors (Lipinski definition) is 0. The Bertz CT molecular complexity index is 898. The fourth-order valence-electron chi connectivity index (χ4n) is 2.88. The van der Waals surface area contributed by atoms with E-state index in [0.29, 0.717) is 12.8 Å². The summed E-state index contributed by atoms with van der Waals surface area (Å²) in [5.41, 5.74) is 2.78. The number of esters is 1. The number of carbonyl (C=O) groups is 3. The summed E-state index contributed by atoms with van der Waals surface area (Å²) < 4.78 is 10.2. The number of Topliss-reactive ketones (excluding diaryl/α,β-unsaturated/α-hetero) is 1. The van der Waals surface area contributed by atoms with Gasteiger partial charge in [0.15, 0.2) is 0 Å². The number of aryl methyl sites for hydroxylation is 1. The second kappa shape index (κ2) is 11.7. The lowest BCUT2D eigenvalue weighted by Gasteiger charge is -2.07. The van der Waals surface area contributed by atoms with E-state index < -0.39 is 5.97 Å². The van der Waals surface area contributed by atoms with E-state index in [-0.39, 0.29) is 36.9 Å². The van der Waals surface area contributed by atoms with Crippen molar-refractivity contribution in [1.29, 1.82) is 0 Å². The van der Waals surface area contributed by atoms with Gasteiger partial charge in [-0.15, -0.1) is 0 Å². The van der Waals surface area contributed by atoms with Gasteiger partial charge in [0.1, 0.15) is 17.2 Å². The highest BCUT2D eigenvalue weighted by Crippen LogP contribution is 2.13. The standard InChI is InChI=1S/C24H27NO5/c1-4-30-24(28)22(16-20-7-5-19(6-8-20)15-17(2)26)25-23(27)14-11-18-9-12-21(29-3)13-10-18/h5-10,12-13H,4,11,14-16H2,1-3H3/b25-22-. The summed E-state index contributed by atoms with van der Waals surface area (Å²) in [4.78, 5) is 39.9. The van der Waals surface area contributed by atoms with Gasteiger partial charge in [-0.3, -0.25) is 9.59 Å². The van der Waals surface area contributed by atoms with Crippen molar-refractivity contribution in [2.24, 2.45) is 4.99 Å². The minimum absolute atomic E-state index is 0.0795. The predicted octanol–water partition coefficient (Wildman–Crippen LogP) is 3.53. The molecule has 6 heteroatoms. The Morgan fingerprint density at radius 2 is 1.43 bits per heavy atom. The molecule has 0 heterocycles. The fourth-order valence-corrected chi connectivity index (χ4v) is 2.88. The van der Waals surface area contributed by atoms with Crippen molar-refractivity contribution in [2.45, 2.75) is 39.5 Å². The molecule has 2 rings (SSSR count). The van der Waals surface area contributed by atoms with Crippen molar-refractivity contribution in [3.63, 3.8) is 0 Å². The second-order valence-electron chi connectivity index (χ2n) is 6.89. The maximum atomic E-state index is 12.4. The van der Waals surface area contributed by atoms with Crippen molar-refractivity contribution >= 4 is 23.4 Å². The summed E-state index contributed by atoms with van der Waals surface area (Å²) in [6.45, 7) is 3.45. The van der Waals surface area contributed by atoms with E-state index in [1.165, 1.54) is 6.92 Å². The van der Waals surface area contributed by atoms with Crippen LogP contribution in [0.4, 0.5) is 0 Å². The molecule has 2 aromatic carbocycles. The zero-order chi connectivity index (χ0) is 21.9. The van der Waals surface area contributed by atoms with E-state index in [4.69, 9.17) is 9.47 Å². The monoisotopic (exact) mass is 409 g/mol. The first kappa shape index (κ1) is 23.0. The molecule has 2 aromatic rings. The van der Waals surface area contributed by atoms with Crippen molar-refractivity contribution in [1.82, 2.24) is 0 Å². The van der Waals surface area contributed by atoms with Crippen molar-refractivity contribution in [3.05, 3.63) is 65.2 Å². The number of carbonyl (C=O) groups excluding carboxylic acids is 3. The molecule has 0 aliphatic carbocycles. The molecule has 0 unspecified atom stereocenters. The lowest BCUT2D eigenvalue weighted by molar-refractivity contribution is -0.135. The van der Waals surface area contributed by atoms with Crippen LogP contribution < -0.4 is 4.74 Å². The molecule has 0 saturated heterocycles. The van der Waals surface area contributed by atoms with Crippen LogP contribution in [-0.4, -0.2) is 37.1 Å². The predicted molar refractivity (Wildman–Crippen MR) is 115 cm³/mol. The highest BCUT2D eigenvalue weighted by Gasteiger charge is 2.16. The van der Waals surface area contributed by atoms with Crippen LogP contribution in [0.3, 0.4) is 0 Å². The lowest BCUT2D eigenvalue weighted by atomic mass is 10.0. The SMILES string of the molecule is CCOC(=O)/C(Cc1ccc(CC(C)=O)cc1)=N\C(=O)CCc1ccc(OC)cc1. The van der Waals surface area contributed by atoms with E-state index in [2.05, 4.69) is 4.99 Å². The van der Waals surface area contributed by atoms with Gasteiger partial charge in [0.25, 0.3) is 0 Å². The Morgan fingerprint density at radius 3 is 1.97 bits per heavy atom. The van der Waals surface area contributed by atoms with Gasteiger partial charge in [0.2, 0.25) is 5.91 Å². The van der Waals surface area contributed by atoms with Crippen LogP contribution in [0.1, 0.15) is 37.0 Å². The minimum atomic E-state index is -0.594. The number of benzene rings is 2. The summed E-state index contributed by atoms with van der Waals surface area (Å²) >= 11 is 0. The summed E-state index contributed by atoms with van der Waals surface area (Å²) in [7, 11) is 1.60. The summed E-state index contributed by atoms with van der Waals surface area (Å²) in [5.74, 6) is -0.133. The smallest absolute Gasteiger partial charge is 0.353 e. The first-order chi connectivity index (χ1) is 14.4. The Balaban J connectivity index is 2.06. The molecule has 0 atom stereocenters. The van der Waals surface area contributed by atoms with Gasteiger partial charge in [-0.25, -0.2) is 9.79 Å².